The number of hydrogen-bond donors (Lipinski definition) is 2. The molecule has 2 N–H and O–H groups in total. The van der Waals surface area contributed by atoms with Gasteiger partial charge in [0.1, 0.15) is 0 Å². The molecule has 0 aliphatic rings. The van der Waals surface area contributed by atoms with Crippen molar-refractivity contribution in [2.75, 3.05) is 13.7 Å². The number of hydrogen-bond acceptors (Lipinski definition) is 5. The minimum Gasteiger partial charge on any atom is -0.504 e. The molecule has 102 valence electrons. The first kappa shape index (κ1) is 13.8. The molecular formula is C14H18N2O2S. The molecule has 4 nitrogen and oxygen atoms in total. The molecule has 0 fully saturated rings. The number of benzene rings is 1. The summed E-state index contributed by atoms with van der Waals surface area (Å²) in [5, 5.41) is 15.1. The molecule has 5 heteroatoms. The molecule has 1 aromatic carbocycles. The number of phenols is 1. The van der Waals surface area contributed by atoms with E-state index in [4.69, 9.17) is 4.74 Å². The Morgan fingerprint density at radius 1 is 1.47 bits per heavy atom. The Morgan fingerprint density at radius 3 is 3.00 bits per heavy atom. The van der Waals surface area contributed by atoms with Crippen LogP contribution in [0.3, 0.4) is 0 Å². The van der Waals surface area contributed by atoms with E-state index in [2.05, 4.69) is 22.6 Å². The van der Waals surface area contributed by atoms with Gasteiger partial charge in [-0.2, -0.15) is 0 Å². The van der Waals surface area contributed by atoms with Gasteiger partial charge in [0.2, 0.25) is 0 Å². The van der Waals surface area contributed by atoms with Crippen LogP contribution in [0, 0.1) is 0 Å². The van der Waals surface area contributed by atoms with Crippen molar-refractivity contribution in [3.8, 4) is 11.5 Å². The van der Waals surface area contributed by atoms with Gasteiger partial charge in [0.15, 0.2) is 11.5 Å². The SMILES string of the molecule is COc1cc(C(C)NCCc2cscn2)ccc1O. The summed E-state index contributed by atoms with van der Waals surface area (Å²) in [6.07, 6.45) is 0.920. The molecule has 0 bridgehead atoms. The third kappa shape index (κ3) is 3.68. The molecule has 1 unspecified atom stereocenters. The van der Waals surface area contributed by atoms with Crippen molar-refractivity contribution in [2.24, 2.45) is 0 Å². The van der Waals surface area contributed by atoms with Crippen molar-refractivity contribution in [3.63, 3.8) is 0 Å². The largest absolute Gasteiger partial charge is 0.504 e. The van der Waals surface area contributed by atoms with Gasteiger partial charge in [-0.25, -0.2) is 4.98 Å². The Kier molecular flexibility index (Phi) is 4.76. The predicted molar refractivity (Wildman–Crippen MR) is 76.9 cm³/mol. The Balaban J connectivity index is 1.90. The van der Waals surface area contributed by atoms with Gasteiger partial charge in [0.25, 0.3) is 0 Å². The van der Waals surface area contributed by atoms with Crippen molar-refractivity contribution in [3.05, 3.63) is 40.3 Å². The van der Waals surface area contributed by atoms with Gasteiger partial charge < -0.3 is 15.2 Å². The third-order valence-corrected chi connectivity index (χ3v) is 3.65. The van der Waals surface area contributed by atoms with Crippen LogP contribution in [0.1, 0.15) is 24.2 Å². The molecule has 2 rings (SSSR count). The number of nitrogens with zero attached hydrogens (tertiary/aromatic N) is 1. The highest BCUT2D eigenvalue weighted by molar-refractivity contribution is 7.07. The van der Waals surface area contributed by atoms with Crippen LogP contribution >= 0.6 is 11.3 Å². The number of nitrogens with one attached hydrogen (secondary N) is 1. The summed E-state index contributed by atoms with van der Waals surface area (Å²) in [7, 11) is 1.55. The maximum absolute atomic E-state index is 9.57. The molecule has 19 heavy (non-hydrogen) atoms. The van der Waals surface area contributed by atoms with Crippen molar-refractivity contribution in [1.82, 2.24) is 10.3 Å². The molecule has 0 aliphatic heterocycles. The summed E-state index contributed by atoms with van der Waals surface area (Å²) in [6.45, 7) is 2.96. The molecule has 1 heterocycles. The number of methoxy groups -OCH3 is 1. The Hall–Kier alpha value is -1.59. The maximum atomic E-state index is 9.57. The van der Waals surface area contributed by atoms with E-state index in [-0.39, 0.29) is 11.8 Å². The zero-order valence-electron chi connectivity index (χ0n) is 11.1. The van der Waals surface area contributed by atoms with Crippen LogP contribution in [0.5, 0.6) is 11.5 Å². The van der Waals surface area contributed by atoms with Crippen molar-refractivity contribution < 1.29 is 9.84 Å². The smallest absolute Gasteiger partial charge is 0.160 e. The van der Waals surface area contributed by atoms with E-state index >= 15 is 0 Å². The Morgan fingerprint density at radius 2 is 2.32 bits per heavy atom. The van der Waals surface area contributed by atoms with Gasteiger partial charge in [0.05, 0.1) is 18.3 Å². The molecule has 1 aromatic heterocycles. The fraction of sp³-hybridized carbons (Fsp3) is 0.357. The van der Waals surface area contributed by atoms with Crippen LogP contribution in [0.2, 0.25) is 0 Å². The summed E-state index contributed by atoms with van der Waals surface area (Å²) in [4.78, 5) is 4.25. The van der Waals surface area contributed by atoms with Crippen molar-refractivity contribution in [2.45, 2.75) is 19.4 Å². The van der Waals surface area contributed by atoms with E-state index in [9.17, 15) is 5.11 Å². The summed E-state index contributed by atoms with van der Waals surface area (Å²) in [6, 6.07) is 5.62. The topological polar surface area (TPSA) is 54.4 Å². The van der Waals surface area contributed by atoms with Gasteiger partial charge in [0, 0.05) is 24.4 Å². The number of aromatic nitrogens is 1. The molecule has 1 atom stereocenters. The lowest BCUT2D eigenvalue weighted by Gasteiger charge is -2.15. The van der Waals surface area contributed by atoms with Crippen LogP contribution in [0.4, 0.5) is 0 Å². The molecular weight excluding hydrogens is 260 g/mol. The van der Waals surface area contributed by atoms with E-state index < -0.39 is 0 Å². The lowest BCUT2D eigenvalue weighted by molar-refractivity contribution is 0.372. The lowest BCUT2D eigenvalue weighted by Crippen LogP contribution is -2.21. The average Bonchev–Trinajstić information content (AvgIpc) is 2.92. The number of rotatable bonds is 6. The van der Waals surface area contributed by atoms with E-state index in [1.165, 1.54) is 0 Å². The fourth-order valence-electron chi connectivity index (χ4n) is 1.86. The standard InChI is InChI=1S/C14H18N2O2S/c1-10(15-6-5-12-8-19-9-16-12)11-3-4-13(17)14(7-11)18-2/h3-4,7-10,15,17H,5-6H2,1-2H3. The van der Waals surface area contributed by atoms with Gasteiger partial charge >= 0.3 is 0 Å². The van der Waals surface area contributed by atoms with E-state index in [1.807, 2.05) is 17.6 Å². The van der Waals surface area contributed by atoms with Gasteiger partial charge in [-0.1, -0.05) is 6.07 Å². The van der Waals surface area contributed by atoms with Crippen LogP contribution in [-0.4, -0.2) is 23.7 Å². The van der Waals surface area contributed by atoms with E-state index in [0.29, 0.717) is 5.75 Å². The quantitative estimate of drug-likeness (QED) is 0.853. The first-order chi connectivity index (χ1) is 9.20. The van der Waals surface area contributed by atoms with Crippen LogP contribution in [0.15, 0.2) is 29.1 Å². The Labute approximate surface area is 117 Å². The first-order valence-corrected chi connectivity index (χ1v) is 7.12. The van der Waals surface area contributed by atoms with E-state index in [0.717, 1.165) is 24.2 Å². The molecule has 0 saturated heterocycles. The lowest BCUT2D eigenvalue weighted by atomic mass is 10.1. The number of aromatic hydroxyl groups is 1. The maximum Gasteiger partial charge on any atom is 0.160 e. The van der Waals surface area contributed by atoms with E-state index in [1.54, 1.807) is 24.5 Å². The molecule has 0 spiro atoms. The van der Waals surface area contributed by atoms with Crippen LogP contribution in [-0.2, 0) is 6.42 Å². The summed E-state index contributed by atoms with van der Waals surface area (Å²) < 4.78 is 5.11. The predicted octanol–water partition coefficient (Wildman–Crippen LogP) is 2.75. The van der Waals surface area contributed by atoms with Crippen LogP contribution < -0.4 is 10.1 Å². The molecule has 0 aliphatic carbocycles. The molecule has 0 amide bonds. The van der Waals surface area contributed by atoms with Crippen molar-refractivity contribution in [1.29, 1.82) is 0 Å². The molecule has 0 saturated carbocycles. The average molecular weight is 278 g/mol. The monoisotopic (exact) mass is 278 g/mol. The fourth-order valence-corrected chi connectivity index (χ4v) is 2.45. The third-order valence-electron chi connectivity index (χ3n) is 3.02. The second-order valence-electron chi connectivity index (χ2n) is 4.34. The summed E-state index contributed by atoms with van der Waals surface area (Å²) in [5.41, 5.74) is 4.06. The van der Waals surface area contributed by atoms with Gasteiger partial charge in [-0.15, -0.1) is 11.3 Å². The zero-order chi connectivity index (χ0) is 13.7. The van der Waals surface area contributed by atoms with Crippen molar-refractivity contribution >= 4 is 11.3 Å². The summed E-state index contributed by atoms with van der Waals surface area (Å²) >= 11 is 1.62. The first-order valence-electron chi connectivity index (χ1n) is 6.18. The Bertz CT molecular complexity index is 514. The highest BCUT2D eigenvalue weighted by Crippen LogP contribution is 2.28. The van der Waals surface area contributed by atoms with Gasteiger partial charge in [-0.05, 0) is 24.6 Å². The molecule has 0 radical (unpaired) electrons. The zero-order valence-corrected chi connectivity index (χ0v) is 11.9. The highest BCUT2D eigenvalue weighted by atomic mass is 32.1. The second kappa shape index (κ2) is 6.54. The number of thiazole rings is 1. The number of phenolic OH excluding ortho intramolecular Hbond substituents is 1. The number of ether oxygens (including phenoxy) is 1. The normalized spacial score (nSPS) is 12.3. The molecule has 2 aromatic rings. The summed E-state index contributed by atoms with van der Waals surface area (Å²) in [5.74, 6) is 0.673. The second-order valence-corrected chi connectivity index (χ2v) is 5.06. The minimum atomic E-state index is 0.168. The van der Waals surface area contributed by atoms with Crippen LogP contribution in [0.25, 0.3) is 0 Å². The van der Waals surface area contributed by atoms with Gasteiger partial charge in [-0.3, -0.25) is 0 Å². The highest BCUT2D eigenvalue weighted by Gasteiger charge is 2.08. The minimum absolute atomic E-state index is 0.168.